The highest BCUT2D eigenvalue weighted by atomic mass is 32.2. The zero-order chi connectivity index (χ0) is 22.3. The average Bonchev–Trinajstić information content (AvgIpc) is 3.36. The van der Waals surface area contributed by atoms with E-state index in [-0.39, 0.29) is 5.56 Å². The van der Waals surface area contributed by atoms with Crippen LogP contribution in [-0.4, -0.2) is 32.9 Å². The summed E-state index contributed by atoms with van der Waals surface area (Å²) in [5.41, 5.74) is 5.34. The largest absolute Gasteiger partial charge is 0.593 e. The second-order valence-electron chi connectivity index (χ2n) is 9.45. The van der Waals surface area contributed by atoms with E-state index in [0.29, 0.717) is 16.7 Å². The minimum atomic E-state index is -1.10. The Morgan fingerprint density at radius 2 is 1.94 bits per heavy atom. The second-order valence-corrected chi connectivity index (χ2v) is 10.8. The number of hydrogen-bond donors (Lipinski definition) is 2. The quantitative estimate of drug-likeness (QED) is 0.506. The van der Waals surface area contributed by atoms with Crippen molar-refractivity contribution in [2.75, 3.05) is 28.5 Å². The Kier molecular flexibility index (Phi) is 5.72. The van der Waals surface area contributed by atoms with Crippen molar-refractivity contribution >= 4 is 33.6 Å². The molecule has 3 aromatic rings. The second kappa shape index (κ2) is 8.52. The minimum Gasteiger partial charge on any atom is -0.593 e. The van der Waals surface area contributed by atoms with Crippen LogP contribution in [0.1, 0.15) is 45.4 Å². The number of aromatic nitrogens is 2. The highest BCUT2D eigenvalue weighted by Crippen LogP contribution is 2.54. The molecule has 1 aliphatic heterocycles. The molecule has 5 rings (SSSR count). The number of aryl methyl sites for hydroxylation is 1. The summed E-state index contributed by atoms with van der Waals surface area (Å²) < 4.78 is 17.3. The molecule has 1 unspecified atom stereocenters. The van der Waals surface area contributed by atoms with E-state index in [4.69, 9.17) is 0 Å². The van der Waals surface area contributed by atoms with Crippen LogP contribution >= 0.6 is 0 Å². The summed E-state index contributed by atoms with van der Waals surface area (Å²) >= 11 is -1.10. The third kappa shape index (κ3) is 4.04. The Morgan fingerprint density at radius 1 is 1.16 bits per heavy atom. The van der Waals surface area contributed by atoms with Crippen molar-refractivity contribution in [3.63, 3.8) is 0 Å². The molecule has 2 N–H and O–H groups in total. The maximum absolute atomic E-state index is 12.6. The molecule has 7 heteroatoms. The lowest BCUT2D eigenvalue weighted by atomic mass is 9.92. The van der Waals surface area contributed by atoms with Gasteiger partial charge in [-0.25, -0.2) is 4.72 Å². The van der Waals surface area contributed by atoms with Crippen molar-refractivity contribution in [3.8, 4) is 11.1 Å². The predicted molar refractivity (Wildman–Crippen MR) is 134 cm³/mol. The number of piperidine rings is 1. The standard InChI is InChI=1S/C25H32N4O2S/c1-3-4-15-32(31)27-18-5-6-22(29-13-10-25(8-9-25)11-14-29)20(16-18)21-17-28(2)24(30)23-19(21)7-12-26-23/h5-7,12,16-17,26-27H,3-4,8-11,13-15H2,1-2H3. The number of unbranched alkanes of at least 4 members (excludes halogenated alkanes) is 1. The monoisotopic (exact) mass is 452 g/mol. The van der Waals surface area contributed by atoms with Crippen LogP contribution < -0.4 is 15.2 Å². The van der Waals surface area contributed by atoms with Gasteiger partial charge in [0.05, 0.1) is 17.0 Å². The van der Waals surface area contributed by atoms with Gasteiger partial charge in [-0.3, -0.25) is 4.79 Å². The number of hydrogen-bond acceptors (Lipinski definition) is 4. The molecular formula is C25H32N4O2S. The molecule has 0 bridgehead atoms. The fourth-order valence-electron chi connectivity index (χ4n) is 4.93. The van der Waals surface area contributed by atoms with Crippen molar-refractivity contribution in [2.24, 2.45) is 12.5 Å². The highest BCUT2D eigenvalue weighted by molar-refractivity contribution is 7.92. The smallest absolute Gasteiger partial charge is 0.274 e. The van der Waals surface area contributed by atoms with Gasteiger partial charge in [-0.05, 0) is 61.8 Å². The fraction of sp³-hybridized carbons (Fsp3) is 0.480. The van der Waals surface area contributed by atoms with Gasteiger partial charge >= 0.3 is 0 Å². The van der Waals surface area contributed by atoms with Gasteiger partial charge in [0.2, 0.25) is 0 Å². The summed E-state index contributed by atoms with van der Waals surface area (Å²) in [7, 11) is 1.80. The first-order valence-corrected chi connectivity index (χ1v) is 13.0. The summed E-state index contributed by atoms with van der Waals surface area (Å²) in [4.78, 5) is 18.2. The molecule has 1 spiro atoms. The van der Waals surface area contributed by atoms with E-state index in [1.807, 2.05) is 24.5 Å². The molecular weight excluding hydrogens is 420 g/mol. The zero-order valence-electron chi connectivity index (χ0n) is 18.9. The number of nitrogens with one attached hydrogen (secondary N) is 2. The Morgan fingerprint density at radius 3 is 2.66 bits per heavy atom. The van der Waals surface area contributed by atoms with E-state index >= 15 is 0 Å². The fourth-order valence-corrected chi connectivity index (χ4v) is 5.97. The Hall–Kier alpha value is -2.38. The van der Waals surface area contributed by atoms with Gasteiger partial charge in [0, 0.05) is 54.7 Å². The molecule has 0 radical (unpaired) electrons. The number of pyridine rings is 1. The first-order valence-electron chi connectivity index (χ1n) is 11.7. The number of benzene rings is 1. The molecule has 32 heavy (non-hydrogen) atoms. The SMILES string of the molecule is CCCC[S+]([O-])Nc1ccc(N2CCC3(CC2)CC3)c(-c2cn(C)c(=O)c3[nH]ccc23)c1. The maximum Gasteiger partial charge on any atom is 0.274 e. The van der Waals surface area contributed by atoms with Crippen LogP contribution in [0.4, 0.5) is 11.4 Å². The average molecular weight is 453 g/mol. The molecule has 6 nitrogen and oxygen atoms in total. The van der Waals surface area contributed by atoms with Crippen LogP contribution in [-0.2, 0) is 18.4 Å². The maximum atomic E-state index is 12.6. The van der Waals surface area contributed by atoms with Crippen LogP contribution in [0.15, 0.2) is 41.5 Å². The number of fused-ring (bicyclic) bond motifs is 1. The van der Waals surface area contributed by atoms with Crippen molar-refractivity contribution in [3.05, 3.63) is 47.0 Å². The number of rotatable bonds is 7. The van der Waals surface area contributed by atoms with Crippen LogP contribution in [0.5, 0.6) is 0 Å². The summed E-state index contributed by atoms with van der Waals surface area (Å²) in [5.74, 6) is 0.643. The molecule has 1 aromatic carbocycles. The normalized spacial score (nSPS) is 18.3. The molecule has 1 aliphatic carbocycles. The van der Waals surface area contributed by atoms with Crippen molar-refractivity contribution in [1.29, 1.82) is 0 Å². The number of anilines is 2. The number of aromatic amines is 1. The molecule has 170 valence electrons. The Bertz CT molecular complexity index is 1170. The number of nitrogens with zero attached hydrogens (tertiary/aromatic N) is 2. The third-order valence-electron chi connectivity index (χ3n) is 7.22. The Labute approximate surface area is 192 Å². The summed E-state index contributed by atoms with van der Waals surface area (Å²) in [6.45, 7) is 4.23. The first kappa shape index (κ1) is 21.5. The Balaban J connectivity index is 1.56. The van der Waals surface area contributed by atoms with Gasteiger partial charge in [0.1, 0.15) is 11.3 Å². The van der Waals surface area contributed by atoms with E-state index in [2.05, 4.69) is 33.7 Å². The van der Waals surface area contributed by atoms with Gasteiger partial charge in [0.25, 0.3) is 5.56 Å². The van der Waals surface area contributed by atoms with E-state index in [1.54, 1.807) is 11.6 Å². The van der Waals surface area contributed by atoms with Gasteiger partial charge in [-0.1, -0.05) is 13.3 Å². The van der Waals surface area contributed by atoms with E-state index in [9.17, 15) is 9.35 Å². The lowest BCUT2D eigenvalue weighted by molar-refractivity contribution is 0.384. The van der Waals surface area contributed by atoms with E-state index in [0.717, 1.165) is 48.1 Å². The van der Waals surface area contributed by atoms with Crippen molar-refractivity contribution in [1.82, 2.24) is 9.55 Å². The number of H-pyrrole nitrogens is 1. The van der Waals surface area contributed by atoms with Crippen LogP contribution in [0, 0.1) is 5.41 Å². The van der Waals surface area contributed by atoms with Crippen LogP contribution in [0.2, 0.25) is 0 Å². The lowest BCUT2D eigenvalue weighted by Crippen LogP contribution is -2.34. The van der Waals surface area contributed by atoms with Crippen molar-refractivity contribution < 1.29 is 4.55 Å². The highest BCUT2D eigenvalue weighted by Gasteiger charge is 2.44. The van der Waals surface area contributed by atoms with Crippen LogP contribution in [0.3, 0.4) is 0 Å². The molecule has 1 saturated heterocycles. The summed E-state index contributed by atoms with van der Waals surface area (Å²) in [5, 5.41) is 0.925. The minimum absolute atomic E-state index is 0.0288. The van der Waals surface area contributed by atoms with Crippen molar-refractivity contribution in [2.45, 2.75) is 45.4 Å². The van der Waals surface area contributed by atoms with Gasteiger partial charge in [-0.2, -0.15) is 0 Å². The van der Waals surface area contributed by atoms with Gasteiger partial charge in [0.15, 0.2) is 0 Å². The predicted octanol–water partition coefficient (Wildman–Crippen LogP) is 4.79. The molecule has 1 atom stereocenters. The zero-order valence-corrected chi connectivity index (χ0v) is 19.8. The third-order valence-corrected chi connectivity index (χ3v) is 8.34. The first-order chi connectivity index (χ1) is 15.5. The van der Waals surface area contributed by atoms with Crippen LogP contribution in [0.25, 0.3) is 22.0 Å². The molecule has 0 amide bonds. The molecule has 1 saturated carbocycles. The molecule has 3 heterocycles. The molecule has 2 aliphatic rings. The summed E-state index contributed by atoms with van der Waals surface area (Å²) in [6.07, 6.45) is 11.0. The topological polar surface area (TPSA) is 76.1 Å². The van der Waals surface area contributed by atoms with Gasteiger partial charge in [-0.15, -0.1) is 0 Å². The molecule has 2 aromatic heterocycles. The summed E-state index contributed by atoms with van der Waals surface area (Å²) in [6, 6.07) is 8.28. The lowest BCUT2D eigenvalue weighted by Gasteiger charge is -2.35. The molecule has 2 fully saturated rings. The van der Waals surface area contributed by atoms with E-state index in [1.165, 1.54) is 31.4 Å². The van der Waals surface area contributed by atoms with Gasteiger partial charge < -0.3 is 19.0 Å². The van der Waals surface area contributed by atoms with E-state index < -0.39 is 11.4 Å².